The van der Waals surface area contributed by atoms with Crippen molar-refractivity contribution in [2.75, 3.05) is 19.6 Å². The lowest BCUT2D eigenvalue weighted by atomic mass is 10.2. The minimum absolute atomic E-state index is 0.681. The van der Waals surface area contributed by atoms with E-state index in [4.69, 9.17) is 4.42 Å². The molecule has 1 aliphatic heterocycles. The van der Waals surface area contributed by atoms with Crippen molar-refractivity contribution in [3.63, 3.8) is 0 Å². The Bertz CT molecular complexity index is 302. The lowest BCUT2D eigenvalue weighted by Crippen LogP contribution is -2.36. The molecule has 0 amide bonds. The fourth-order valence-electron chi connectivity index (χ4n) is 2.22. The Kier molecular flexibility index (Phi) is 3.44. The minimum Gasteiger partial charge on any atom is -0.465 e. The monoisotopic (exact) mass is 208 g/mol. The third kappa shape index (κ3) is 2.61. The summed E-state index contributed by atoms with van der Waals surface area (Å²) in [4.78, 5) is 2.48. The molecule has 1 aliphatic rings. The molecule has 3 heteroatoms. The largest absolute Gasteiger partial charge is 0.465 e. The average molecular weight is 208 g/mol. The standard InChI is InChI=1S/C12H20N2O/c1-3-14(11-6-7-13-8-11)9-12-5-4-10(2)15-12/h4-5,11,13H,3,6-9H2,1-2H3. The van der Waals surface area contributed by atoms with Crippen LogP contribution in [0, 0.1) is 6.92 Å². The van der Waals surface area contributed by atoms with Gasteiger partial charge >= 0.3 is 0 Å². The maximum absolute atomic E-state index is 5.61. The van der Waals surface area contributed by atoms with Gasteiger partial charge in [-0.05, 0) is 38.6 Å². The highest BCUT2D eigenvalue weighted by Gasteiger charge is 2.21. The van der Waals surface area contributed by atoms with Crippen LogP contribution in [0.2, 0.25) is 0 Å². The van der Waals surface area contributed by atoms with E-state index in [1.807, 2.05) is 13.0 Å². The van der Waals surface area contributed by atoms with Gasteiger partial charge in [-0.25, -0.2) is 0 Å². The Labute approximate surface area is 91.4 Å². The first-order valence-corrected chi connectivity index (χ1v) is 5.79. The molecule has 1 atom stereocenters. The molecule has 0 saturated carbocycles. The van der Waals surface area contributed by atoms with Crippen molar-refractivity contribution in [2.24, 2.45) is 0 Å². The van der Waals surface area contributed by atoms with E-state index in [-0.39, 0.29) is 0 Å². The van der Waals surface area contributed by atoms with E-state index in [2.05, 4.69) is 23.2 Å². The van der Waals surface area contributed by atoms with Crippen LogP contribution in [0.3, 0.4) is 0 Å². The van der Waals surface area contributed by atoms with Gasteiger partial charge in [-0.2, -0.15) is 0 Å². The number of likely N-dealkylation sites (N-methyl/N-ethyl adjacent to an activating group) is 1. The second-order valence-corrected chi connectivity index (χ2v) is 4.22. The van der Waals surface area contributed by atoms with Crippen molar-refractivity contribution in [1.82, 2.24) is 10.2 Å². The topological polar surface area (TPSA) is 28.4 Å². The van der Waals surface area contributed by atoms with Crippen LogP contribution in [0.1, 0.15) is 24.9 Å². The van der Waals surface area contributed by atoms with Gasteiger partial charge in [0.15, 0.2) is 0 Å². The summed E-state index contributed by atoms with van der Waals surface area (Å²) < 4.78 is 5.61. The molecule has 1 saturated heterocycles. The second-order valence-electron chi connectivity index (χ2n) is 4.22. The van der Waals surface area contributed by atoms with Crippen LogP contribution >= 0.6 is 0 Å². The van der Waals surface area contributed by atoms with Gasteiger partial charge in [0.2, 0.25) is 0 Å². The Morgan fingerprint density at radius 3 is 2.93 bits per heavy atom. The second kappa shape index (κ2) is 4.81. The Hall–Kier alpha value is -0.800. The summed E-state index contributed by atoms with van der Waals surface area (Å²) in [5.41, 5.74) is 0. The van der Waals surface area contributed by atoms with Gasteiger partial charge in [-0.3, -0.25) is 4.90 Å². The van der Waals surface area contributed by atoms with Crippen molar-refractivity contribution in [2.45, 2.75) is 32.9 Å². The summed E-state index contributed by atoms with van der Waals surface area (Å²) in [6.07, 6.45) is 1.26. The molecule has 0 radical (unpaired) electrons. The van der Waals surface area contributed by atoms with Crippen LogP contribution in [0.5, 0.6) is 0 Å². The van der Waals surface area contributed by atoms with E-state index in [0.717, 1.165) is 37.7 Å². The molecular weight excluding hydrogens is 188 g/mol. The van der Waals surface area contributed by atoms with E-state index < -0.39 is 0 Å². The van der Waals surface area contributed by atoms with Crippen molar-refractivity contribution in [1.29, 1.82) is 0 Å². The summed E-state index contributed by atoms with van der Waals surface area (Å²) in [7, 11) is 0. The highest BCUT2D eigenvalue weighted by Crippen LogP contribution is 2.14. The molecular formula is C12H20N2O. The highest BCUT2D eigenvalue weighted by molar-refractivity contribution is 5.05. The van der Waals surface area contributed by atoms with Gasteiger partial charge in [0.05, 0.1) is 6.54 Å². The fraction of sp³-hybridized carbons (Fsp3) is 0.667. The third-order valence-electron chi connectivity index (χ3n) is 3.11. The van der Waals surface area contributed by atoms with E-state index in [1.165, 1.54) is 6.42 Å². The zero-order valence-corrected chi connectivity index (χ0v) is 9.62. The maximum atomic E-state index is 5.61. The molecule has 0 bridgehead atoms. The number of hydrogen-bond donors (Lipinski definition) is 1. The van der Waals surface area contributed by atoms with Gasteiger partial charge in [-0.15, -0.1) is 0 Å². The van der Waals surface area contributed by atoms with E-state index in [0.29, 0.717) is 6.04 Å². The number of aryl methyl sites for hydroxylation is 1. The predicted octanol–water partition coefficient (Wildman–Crippen LogP) is 1.77. The van der Waals surface area contributed by atoms with Crippen molar-refractivity contribution in [3.8, 4) is 0 Å². The van der Waals surface area contributed by atoms with Crippen molar-refractivity contribution >= 4 is 0 Å². The number of rotatable bonds is 4. The quantitative estimate of drug-likeness (QED) is 0.817. The highest BCUT2D eigenvalue weighted by atomic mass is 16.3. The smallest absolute Gasteiger partial charge is 0.118 e. The number of nitrogens with zero attached hydrogens (tertiary/aromatic N) is 1. The Balaban J connectivity index is 1.95. The fourth-order valence-corrected chi connectivity index (χ4v) is 2.22. The van der Waals surface area contributed by atoms with Crippen LogP contribution in [-0.4, -0.2) is 30.6 Å². The van der Waals surface area contributed by atoms with Crippen molar-refractivity contribution < 1.29 is 4.42 Å². The third-order valence-corrected chi connectivity index (χ3v) is 3.11. The summed E-state index contributed by atoms with van der Waals surface area (Å²) in [5.74, 6) is 2.09. The summed E-state index contributed by atoms with van der Waals surface area (Å²) in [6, 6.07) is 4.80. The van der Waals surface area contributed by atoms with Crippen molar-refractivity contribution in [3.05, 3.63) is 23.7 Å². The van der Waals surface area contributed by atoms with Gasteiger partial charge in [0.1, 0.15) is 11.5 Å². The van der Waals surface area contributed by atoms with E-state index in [9.17, 15) is 0 Å². The molecule has 0 aliphatic carbocycles. The zero-order chi connectivity index (χ0) is 10.7. The predicted molar refractivity (Wildman–Crippen MR) is 60.8 cm³/mol. The van der Waals surface area contributed by atoms with Crippen LogP contribution in [0.4, 0.5) is 0 Å². The minimum atomic E-state index is 0.681. The Morgan fingerprint density at radius 1 is 1.53 bits per heavy atom. The molecule has 3 nitrogen and oxygen atoms in total. The van der Waals surface area contributed by atoms with E-state index in [1.54, 1.807) is 0 Å². The number of hydrogen-bond acceptors (Lipinski definition) is 3. The molecule has 84 valence electrons. The zero-order valence-electron chi connectivity index (χ0n) is 9.62. The summed E-state index contributed by atoms with van der Waals surface area (Å²) in [5, 5.41) is 3.41. The summed E-state index contributed by atoms with van der Waals surface area (Å²) >= 11 is 0. The van der Waals surface area contributed by atoms with Crippen LogP contribution < -0.4 is 5.32 Å². The van der Waals surface area contributed by atoms with E-state index >= 15 is 0 Å². The Morgan fingerprint density at radius 2 is 2.40 bits per heavy atom. The van der Waals surface area contributed by atoms with Gasteiger partial charge in [0, 0.05) is 12.6 Å². The SMILES string of the molecule is CCN(Cc1ccc(C)o1)C1CCNC1. The molecule has 0 aromatic carbocycles. The first kappa shape index (κ1) is 10.7. The molecule has 1 aromatic rings. The van der Waals surface area contributed by atoms with Crippen LogP contribution in [0.25, 0.3) is 0 Å². The molecule has 1 fully saturated rings. The van der Waals surface area contributed by atoms with Crippen LogP contribution in [0.15, 0.2) is 16.5 Å². The summed E-state index contributed by atoms with van der Waals surface area (Å²) in [6.45, 7) is 8.51. The van der Waals surface area contributed by atoms with Crippen LogP contribution in [-0.2, 0) is 6.54 Å². The maximum Gasteiger partial charge on any atom is 0.118 e. The van der Waals surface area contributed by atoms with Gasteiger partial charge in [0.25, 0.3) is 0 Å². The molecule has 1 aromatic heterocycles. The first-order chi connectivity index (χ1) is 7.29. The molecule has 2 rings (SSSR count). The van der Waals surface area contributed by atoms with Gasteiger partial charge in [-0.1, -0.05) is 6.92 Å². The molecule has 15 heavy (non-hydrogen) atoms. The average Bonchev–Trinajstić information content (AvgIpc) is 2.85. The molecule has 0 spiro atoms. The number of furan rings is 1. The number of nitrogens with one attached hydrogen (secondary N) is 1. The lowest BCUT2D eigenvalue weighted by molar-refractivity contribution is 0.193. The molecule has 2 heterocycles. The molecule has 1 unspecified atom stereocenters. The molecule has 1 N–H and O–H groups in total. The van der Waals surface area contributed by atoms with Gasteiger partial charge < -0.3 is 9.73 Å². The normalized spacial score (nSPS) is 21.4. The lowest BCUT2D eigenvalue weighted by Gasteiger charge is -2.25. The first-order valence-electron chi connectivity index (χ1n) is 5.79.